The topological polar surface area (TPSA) is 90.6 Å². The number of nitrogens with one attached hydrogen (secondary N) is 1. The zero-order valence-electron chi connectivity index (χ0n) is 14.3. The zero-order valence-corrected chi connectivity index (χ0v) is 15.1. The van der Waals surface area contributed by atoms with E-state index in [1.807, 2.05) is 24.3 Å². The number of alkyl carbamates (subject to hydrolysis) is 1. The maximum absolute atomic E-state index is 11.9. The number of hydrogen-bond acceptors (Lipinski definition) is 5. The molecule has 0 saturated carbocycles. The molecule has 1 aliphatic rings. The number of halogens is 1. The van der Waals surface area contributed by atoms with E-state index < -0.39 is 18.1 Å². The van der Waals surface area contributed by atoms with Gasteiger partial charge in [-0.2, -0.15) is 0 Å². The molecule has 1 aliphatic carbocycles. The number of ether oxygens (including phenoxy) is 2. The van der Waals surface area contributed by atoms with Crippen molar-refractivity contribution in [2.24, 2.45) is 5.73 Å². The van der Waals surface area contributed by atoms with E-state index in [-0.39, 0.29) is 31.5 Å². The van der Waals surface area contributed by atoms with E-state index in [9.17, 15) is 9.59 Å². The molecule has 6 nitrogen and oxygen atoms in total. The maximum Gasteiger partial charge on any atom is 0.407 e. The first-order valence-corrected chi connectivity index (χ1v) is 8.04. The summed E-state index contributed by atoms with van der Waals surface area (Å²) in [5, 5.41) is 2.48. The van der Waals surface area contributed by atoms with Gasteiger partial charge in [0.15, 0.2) is 0 Å². The number of nitrogens with two attached hydrogens (primary N) is 1. The number of rotatable bonds is 5. The van der Waals surface area contributed by atoms with Gasteiger partial charge in [-0.25, -0.2) is 4.79 Å². The summed E-state index contributed by atoms with van der Waals surface area (Å²) >= 11 is 0. The van der Waals surface area contributed by atoms with Crippen LogP contribution in [-0.2, 0) is 14.3 Å². The second-order valence-electron chi connectivity index (χ2n) is 5.84. The average Bonchev–Trinajstić information content (AvgIpc) is 2.97. The van der Waals surface area contributed by atoms with Crippen LogP contribution in [-0.4, -0.2) is 38.4 Å². The molecular formula is C19H21ClN2O4. The Morgan fingerprint density at radius 3 is 2.15 bits per heavy atom. The van der Waals surface area contributed by atoms with Crippen molar-refractivity contribution in [3.63, 3.8) is 0 Å². The number of methoxy groups -OCH3 is 1. The Hall–Kier alpha value is -2.57. The molecule has 3 N–H and O–H groups in total. The van der Waals surface area contributed by atoms with Gasteiger partial charge in [-0.15, -0.1) is 12.4 Å². The molecule has 2 aromatic carbocycles. The van der Waals surface area contributed by atoms with Gasteiger partial charge in [-0.1, -0.05) is 48.5 Å². The summed E-state index contributed by atoms with van der Waals surface area (Å²) in [6, 6.07) is 15.3. The molecule has 0 radical (unpaired) electrons. The number of esters is 1. The van der Waals surface area contributed by atoms with Gasteiger partial charge in [-0.3, -0.25) is 4.79 Å². The third kappa shape index (κ3) is 3.98. The van der Waals surface area contributed by atoms with Crippen LogP contribution in [0.25, 0.3) is 11.1 Å². The van der Waals surface area contributed by atoms with Crippen LogP contribution in [0.2, 0.25) is 0 Å². The van der Waals surface area contributed by atoms with E-state index in [1.54, 1.807) is 0 Å². The van der Waals surface area contributed by atoms with E-state index in [4.69, 9.17) is 10.5 Å². The van der Waals surface area contributed by atoms with Crippen molar-refractivity contribution >= 4 is 24.5 Å². The van der Waals surface area contributed by atoms with Gasteiger partial charge < -0.3 is 20.5 Å². The number of hydrogen-bond donors (Lipinski definition) is 2. The molecule has 3 rings (SSSR count). The van der Waals surface area contributed by atoms with Crippen molar-refractivity contribution in [1.82, 2.24) is 5.32 Å². The second-order valence-corrected chi connectivity index (χ2v) is 5.84. The lowest BCUT2D eigenvalue weighted by atomic mass is 9.98. The number of amides is 1. The van der Waals surface area contributed by atoms with Crippen LogP contribution in [0.3, 0.4) is 0 Å². The number of benzene rings is 2. The molecule has 7 heteroatoms. The second kappa shape index (κ2) is 8.69. The van der Waals surface area contributed by atoms with Gasteiger partial charge in [-0.05, 0) is 22.3 Å². The highest BCUT2D eigenvalue weighted by atomic mass is 35.5. The normalized spacial score (nSPS) is 13.0. The highest BCUT2D eigenvalue weighted by Gasteiger charge is 2.29. The predicted octanol–water partition coefficient (Wildman–Crippen LogP) is 2.45. The monoisotopic (exact) mass is 376 g/mol. The molecule has 0 fully saturated rings. The summed E-state index contributed by atoms with van der Waals surface area (Å²) in [7, 11) is 1.25. The molecule has 0 aliphatic heterocycles. The minimum absolute atomic E-state index is 0. The summed E-state index contributed by atoms with van der Waals surface area (Å²) < 4.78 is 9.85. The minimum Gasteiger partial charge on any atom is -0.468 e. The maximum atomic E-state index is 11.9. The summed E-state index contributed by atoms with van der Waals surface area (Å²) in [6.07, 6.45) is -0.610. The first-order chi connectivity index (χ1) is 12.1. The molecule has 0 unspecified atom stereocenters. The Bertz CT molecular complexity index is 751. The van der Waals surface area contributed by atoms with E-state index >= 15 is 0 Å². The molecule has 1 amide bonds. The lowest BCUT2D eigenvalue weighted by Gasteiger charge is -2.15. The summed E-state index contributed by atoms with van der Waals surface area (Å²) in [5.74, 6) is -0.591. The average molecular weight is 377 g/mol. The zero-order chi connectivity index (χ0) is 17.8. The van der Waals surface area contributed by atoms with Crippen molar-refractivity contribution in [2.75, 3.05) is 20.3 Å². The smallest absolute Gasteiger partial charge is 0.407 e. The fraction of sp³-hybridized carbons (Fsp3) is 0.263. The molecule has 26 heavy (non-hydrogen) atoms. The lowest BCUT2D eigenvalue weighted by Crippen LogP contribution is -2.43. The third-order valence-electron chi connectivity index (χ3n) is 4.31. The van der Waals surface area contributed by atoms with Crippen molar-refractivity contribution in [3.05, 3.63) is 59.7 Å². The van der Waals surface area contributed by atoms with Crippen molar-refractivity contribution < 1.29 is 19.1 Å². The fourth-order valence-electron chi connectivity index (χ4n) is 3.08. The SMILES string of the molecule is COC(=O)[C@@H](N)CNC(=O)OCC1c2ccccc2-c2ccccc21.Cl. The molecule has 0 aromatic heterocycles. The first-order valence-electron chi connectivity index (χ1n) is 8.04. The van der Waals surface area contributed by atoms with Crippen LogP contribution >= 0.6 is 12.4 Å². The minimum atomic E-state index is -0.912. The van der Waals surface area contributed by atoms with Crippen LogP contribution in [0.4, 0.5) is 4.79 Å². The van der Waals surface area contributed by atoms with Gasteiger partial charge in [0, 0.05) is 12.5 Å². The van der Waals surface area contributed by atoms with Crippen molar-refractivity contribution in [3.8, 4) is 11.1 Å². The molecular weight excluding hydrogens is 356 g/mol. The Balaban J connectivity index is 0.00000243. The van der Waals surface area contributed by atoms with Gasteiger partial charge in [0.05, 0.1) is 7.11 Å². The molecule has 2 aromatic rings. The summed E-state index contributed by atoms with van der Waals surface area (Å²) in [6.45, 7) is 0.177. The molecule has 0 saturated heterocycles. The van der Waals surface area contributed by atoms with Gasteiger partial charge in [0.1, 0.15) is 12.6 Å². The number of fused-ring (bicyclic) bond motifs is 3. The predicted molar refractivity (Wildman–Crippen MR) is 100 cm³/mol. The van der Waals surface area contributed by atoms with E-state index in [0.717, 1.165) is 11.1 Å². The Kier molecular flexibility index (Phi) is 6.60. The van der Waals surface area contributed by atoms with Crippen molar-refractivity contribution in [2.45, 2.75) is 12.0 Å². The van der Waals surface area contributed by atoms with Crippen LogP contribution in [0, 0.1) is 0 Å². The fourth-order valence-corrected chi connectivity index (χ4v) is 3.08. The first kappa shape index (κ1) is 19.8. The number of carbonyl (C=O) groups is 2. The summed E-state index contributed by atoms with van der Waals surface area (Å²) in [5.41, 5.74) is 10.2. The largest absolute Gasteiger partial charge is 0.468 e. The van der Waals surface area contributed by atoms with E-state index in [1.165, 1.54) is 18.2 Å². The Morgan fingerprint density at radius 1 is 1.08 bits per heavy atom. The third-order valence-corrected chi connectivity index (χ3v) is 4.31. The Morgan fingerprint density at radius 2 is 1.62 bits per heavy atom. The van der Waals surface area contributed by atoms with Crippen LogP contribution < -0.4 is 11.1 Å². The highest BCUT2D eigenvalue weighted by Crippen LogP contribution is 2.44. The van der Waals surface area contributed by atoms with Gasteiger partial charge in [0.2, 0.25) is 0 Å². The highest BCUT2D eigenvalue weighted by molar-refractivity contribution is 5.85. The molecule has 0 heterocycles. The summed E-state index contributed by atoms with van der Waals surface area (Å²) in [4.78, 5) is 23.1. The van der Waals surface area contributed by atoms with Crippen LogP contribution in [0.15, 0.2) is 48.5 Å². The molecule has 1 atom stereocenters. The van der Waals surface area contributed by atoms with Crippen molar-refractivity contribution in [1.29, 1.82) is 0 Å². The van der Waals surface area contributed by atoms with E-state index in [2.05, 4.69) is 34.3 Å². The molecule has 0 bridgehead atoms. The number of carbonyl (C=O) groups excluding carboxylic acids is 2. The molecule has 138 valence electrons. The molecule has 0 spiro atoms. The lowest BCUT2D eigenvalue weighted by molar-refractivity contribution is -0.141. The van der Waals surface area contributed by atoms with Gasteiger partial charge in [0.25, 0.3) is 0 Å². The standard InChI is InChI=1S/C19H20N2O4.ClH/c1-24-18(22)17(20)10-21-19(23)25-11-16-14-8-4-2-6-12(14)13-7-3-5-9-15(13)16;/h2-9,16-17H,10-11,20H2,1H3,(H,21,23);1H/t17-;/m0./s1. The van der Waals surface area contributed by atoms with Crippen LogP contribution in [0.1, 0.15) is 17.0 Å². The van der Waals surface area contributed by atoms with Gasteiger partial charge >= 0.3 is 12.1 Å². The quantitative estimate of drug-likeness (QED) is 0.782. The Labute approximate surface area is 158 Å². The van der Waals surface area contributed by atoms with Crippen LogP contribution in [0.5, 0.6) is 0 Å². The van der Waals surface area contributed by atoms with E-state index in [0.29, 0.717) is 0 Å².